The van der Waals surface area contributed by atoms with E-state index >= 15 is 0 Å². The van der Waals surface area contributed by atoms with Crippen molar-refractivity contribution in [1.82, 2.24) is 10.3 Å². The van der Waals surface area contributed by atoms with Gasteiger partial charge in [0, 0.05) is 25.3 Å². The maximum Gasteiger partial charge on any atom is 0.129 e. The van der Waals surface area contributed by atoms with Gasteiger partial charge in [-0.05, 0) is 56.3 Å². The third-order valence-corrected chi connectivity index (χ3v) is 3.62. The zero-order valence-electron chi connectivity index (χ0n) is 10.5. The number of nitrogens with one attached hydrogen (secondary N) is 1. The van der Waals surface area contributed by atoms with Crippen molar-refractivity contribution < 1.29 is 0 Å². The molecule has 1 heterocycles. The van der Waals surface area contributed by atoms with E-state index in [0.29, 0.717) is 0 Å². The van der Waals surface area contributed by atoms with Crippen LogP contribution < -0.4 is 10.2 Å². The topological polar surface area (TPSA) is 28.2 Å². The summed E-state index contributed by atoms with van der Waals surface area (Å²) in [4.78, 5) is 7.10. The first-order valence-electron chi connectivity index (χ1n) is 6.73. The van der Waals surface area contributed by atoms with Gasteiger partial charge in [0.15, 0.2) is 0 Å². The number of rotatable bonds is 6. The van der Waals surface area contributed by atoms with Crippen molar-refractivity contribution in [1.29, 1.82) is 0 Å². The van der Waals surface area contributed by atoms with Crippen LogP contribution in [0.4, 0.5) is 5.82 Å². The molecule has 2 fully saturated rings. The van der Waals surface area contributed by atoms with Gasteiger partial charge in [-0.1, -0.05) is 0 Å². The van der Waals surface area contributed by atoms with E-state index in [-0.39, 0.29) is 0 Å². The molecule has 0 amide bonds. The van der Waals surface area contributed by atoms with Gasteiger partial charge in [0.1, 0.15) is 5.82 Å². The second kappa shape index (κ2) is 4.65. The average Bonchev–Trinajstić information content (AvgIpc) is 3.20. The summed E-state index contributed by atoms with van der Waals surface area (Å²) in [6.45, 7) is 2.15. The molecule has 3 heteroatoms. The maximum atomic E-state index is 4.56. The van der Waals surface area contributed by atoms with Gasteiger partial charge < -0.3 is 10.2 Å². The van der Waals surface area contributed by atoms with Crippen LogP contribution in [0.5, 0.6) is 0 Å². The Balaban J connectivity index is 1.76. The Labute approximate surface area is 103 Å². The molecule has 1 aromatic heterocycles. The minimum Gasteiger partial charge on any atom is -0.353 e. The molecule has 2 saturated carbocycles. The zero-order valence-corrected chi connectivity index (χ0v) is 10.5. The second-order valence-electron chi connectivity index (χ2n) is 5.38. The molecule has 1 aromatic rings. The van der Waals surface area contributed by atoms with E-state index < -0.39 is 0 Å². The highest BCUT2D eigenvalue weighted by atomic mass is 15.2. The number of aromatic nitrogens is 1. The van der Waals surface area contributed by atoms with E-state index in [1.807, 2.05) is 13.2 Å². The minimum atomic E-state index is 0.771. The predicted octanol–water partition coefficient (Wildman–Crippen LogP) is 2.18. The normalized spacial score (nSPS) is 19.4. The molecule has 0 unspecified atom stereocenters. The Bertz CT molecular complexity index is 383. The summed E-state index contributed by atoms with van der Waals surface area (Å²) in [5.74, 6) is 2.12. The lowest BCUT2D eigenvalue weighted by atomic mass is 10.2. The van der Waals surface area contributed by atoms with E-state index in [4.69, 9.17) is 0 Å². The molecule has 1 N–H and O–H groups in total. The van der Waals surface area contributed by atoms with Crippen LogP contribution in [0.15, 0.2) is 18.3 Å². The van der Waals surface area contributed by atoms with Crippen molar-refractivity contribution in [3.8, 4) is 0 Å². The second-order valence-corrected chi connectivity index (χ2v) is 5.38. The van der Waals surface area contributed by atoms with Crippen molar-refractivity contribution in [3.05, 3.63) is 23.9 Å². The smallest absolute Gasteiger partial charge is 0.129 e. The molecular formula is C14H21N3. The standard InChI is InChI=1S/C14H21N3/c1-15-9-12-6-7-16-14(8-12)17(13-4-5-13)10-11-2-3-11/h6-8,11,13,15H,2-5,9-10H2,1H3. The van der Waals surface area contributed by atoms with Gasteiger partial charge in [-0.2, -0.15) is 0 Å². The quantitative estimate of drug-likeness (QED) is 0.813. The highest BCUT2D eigenvalue weighted by molar-refractivity contribution is 5.44. The number of nitrogens with zero attached hydrogens (tertiary/aromatic N) is 2. The van der Waals surface area contributed by atoms with Crippen molar-refractivity contribution in [2.45, 2.75) is 38.3 Å². The Kier molecular flexibility index (Phi) is 3.02. The number of hydrogen-bond donors (Lipinski definition) is 1. The Hall–Kier alpha value is -1.09. The van der Waals surface area contributed by atoms with Crippen LogP contribution in [0, 0.1) is 5.92 Å². The first-order valence-corrected chi connectivity index (χ1v) is 6.73. The molecule has 0 bridgehead atoms. The summed E-state index contributed by atoms with van der Waals surface area (Å²) in [5, 5.41) is 3.20. The maximum absolute atomic E-state index is 4.56. The SMILES string of the molecule is CNCc1ccnc(N(CC2CC2)C2CC2)c1. The largest absolute Gasteiger partial charge is 0.353 e. The van der Waals surface area contributed by atoms with Crippen LogP contribution in [0.1, 0.15) is 31.2 Å². The van der Waals surface area contributed by atoms with Crippen molar-refractivity contribution >= 4 is 5.82 Å². The molecule has 0 aromatic carbocycles. The molecule has 0 radical (unpaired) electrons. The molecule has 17 heavy (non-hydrogen) atoms. The lowest BCUT2D eigenvalue weighted by molar-refractivity contribution is 0.707. The van der Waals surface area contributed by atoms with Crippen LogP contribution in [0.3, 0.4) is 0 Å². The Morgan fingerprint density at radius 3 is 2.82 bits per heavy atom. The van der Waals surface area contributed by atoms with Crippen molar-refractivity contribution in [3.63, 3.8) is 0 Å². The van der Waals surface area contributed by atoms with Crippen LogP contribution >= 0.6 is 0 Å². The van der Waals surface area contributed by atoms with Crippen LogP contribution in [0.2, 0.25) is 0 Å². The number of anilines is 1. The predicted molar refractivity (Wildman–Crippen MR) is 70.1 cm³/mol. The van der Waals surface area contributed by atoms with E-state index in [0.717, 1.165) is 18.5 Å². The van der Waals surface area contributed by atoms with Gasteiger partial charge >= 0.3 is 0 Å². The number of hydrogen-bond acceptors (Lipinski definition) is 3. The Morgan fingerprint density at radius 2 is 2.18 bits per heavy atom. The van der Waals surface area contributed by atoms with Gasteiger partial charge in [0.25, 0.3) is 0 Å². The number of pyridine rings is 1. The average molecular weight is 231 g/mol. The first kappa shape index (κ1) is 11.0. The molecule has 0 atom stereocenters. The fraction of sp³-hybridized carbons (Fsp3) is 0.643. The van der Waals surface area contributed by atoms with E-state index in [1.54, 1.807) is 0 Å². The lowest BCUT2D eigenvalue weighted by Crippen LogP contribution is -2.29. The fourth-order valence-electron chi connectivity index (χ4n) is 2.33. The molecule has 2 aliphatic carbocycles. The minimum absolute atomic E-state index is 0.771. The van der Waals surface area contributed by atoms with E-state index in [9.17, 15) is 0 Å². The molecule has 3 nitrogen and oxygen atoms in total. The summed E-state index contributed by atoms with van der Waals surface area (Å²) in [6.07, 6.45) is 7.48. The summed E-state index contributed by atoms with van der Waals surface area (Å²) in [5.41, 5.74) is 1.33. The third-order valence-electron chi connectivity index (χ3n) is 3.62. The molecular weight excluding hydrogens is 210 g/mol. The summed E-state index contributed by atoms with van der Waals surface area (Å²) >= 11 is 0. The molecule has 0 aliphatic heterocycles. The van der Waals surface area contributed by atoms with Crippen LogP contribution in [0.25, 0.3) is 0 Å². The first-order chi connectivity index (χ1) is 8.36. The molecule has 0 saturated heterocycles. The van der Waals surface area contributed by atoms with Crippen LogP contribution in [-0.2, 0) is 6.54 Å². The van der Waals surface area contributed by atoms with Gasteiger partial charge in [-0.15, -0.1) is 0 Å². The zero-order chi connectivity index (χ0) is 11.7. The summed E-state index contributed by atoms with van der Waals surface area (Å²) in [6, 6.07) is 5.12. The van der Waals surface area contributed by atoms with Gasteiger partial charge in [0.2, 0.25) is 0 Å². The monoisotopic (exact) mass is 231 g/mol. The van der Waals surface area contributed by atoms with E-state index in [2.05, 4.69) is 27.3 Å². The Morgan fingerprint density at radius 1 is 1.35 bits per heavy atom. The van der Waals surface area contributed by atoms with Crippen molar-refractivity contribution in [2.75, 3.05) is 18.5 Å². The summed E-state index contributed by atoms with van der Waals surface area (Å²) < 4.78 is 0. The van der Waals surface area contributed by atoms with E-state index in [1.165, 1.54) is 43.6 Å². The highest BCUT2D eigenvalue weighted by Crippen LogP contribution is 2.37. The molecule has 92 valence electrons. The van der Waals surface area contributed by atoms with Gasteiger partial charge in [0.05, 0.1) is 0 Å². The molecule has 2 aliphatic rings. The lowest BCUT2D eigenvalue weighted by Gasteiger charge is -2.23. The molecule has 3 rings (SSSR count). The van der Waals surface area contributed by atoms with Gasteiger partial charge in [-0.3, -0.25) is 0 Å². The fourth-order valence-corrected chi connectivity index (χ4v) is 2.33. The highest BCUT2D eigenvalue weighted by Gasteiger charge is 2.34. The van der Waals surface area contributed by atoms with Crippen LogP contribution in [-0.4, -0.2) is 24.6 Å². The third kappa shape index (κ3) is 2.78. The molecule has 0 spiro atoms. The van der Waals surface area contributed by atoms with Crippen molar-refractivity contribution in [2.24, 2.45) is 5.92 Å². The summed E-state index contributed by atoms with van der Waals surface area (Å²) in [7, 11) is 1.99. The van der Waals surface area contributed by atoms with Gasteiger partial charge in [-0.25, -0.2) is 4.98 Å².